The molecule has 0 aromatic carbocycles. The van der Waals surface area contributed by atoms with E-state index in [1.807, 2.05) is 13.0 Å². The molecule has 0 fully saturated rings. The number of nitrogens with one attached hydrogen (secondary N) is 1. The molecule has 1 heterocycles. The first kappa shape index (κ1) is 14.7. The molecule has 0 atom stereocenters. The largest absolute Gasteiger partial charge is 0.352 e. The number of carbonyl (C=O) groups is 1. The number of nitrogens with zero attached hydrogens (tertiary/aromatic N) is 1. The third kappa shape index (κ3) is 3.83. The molecule has 1 aromatic rings. The Morgan fingerprint density at radius 1 is 1.28 bits per heavy atom. The molecule has 1 amide bonds. The fourth-order valence-corrected chi connectivity index (χ4v) is 2.27. The molecule has 3 nitrogen and oxygen atoms in total. The van der Waals surface area contributed by atoms with E-state index in [4.69, 9.17) is 0 Å². The molecule has 0 aliphatic rings. The van der Waals surface area contributed by atoms with Crippen molar-refractivity contribution in [3.63, 3.8) is 0 Å². The maximum absolute atomic E-state index is 12.1. The van der Waals surface area contributed by atoms with E-state index in [0.29, 0.717) is 23.3 Å². The first-order valence-corrected chi connectivity index (χ1v) is 6.63. The van der Waals surface area contributed by atoms with Gasteiger partial charge in [0, 0.05) is 18.4 Å². The predicted octanol–water partition coefficient (Wildman–Crippen LogP) is 3.05. The summed E-state index contributed by atoms with van der Waals surface area (Å²) in [6.45, 7) is 11.4. The van der Waals surface area contributed by atoms with E-state index < -0.39 is 0 Å². The number of aryl methyl sites for hydroxylation is 1. The Bertz CT molecular complexity index is 391. The van der Waals surface area contributed by atoms with Crippen LogP contribution in [-0.2, 0) is 0 Å². The molecule has 0 bridgehead atoms. The maximum atomic E-state index is 12.1. The number of hydrogen-bond acceptors (Lipinski definition) is 2. The van der Waals surface area contributed by atoms with Gasteiger partial charge in [0.2, 0.25) is 0 Å². The smallest absolute Gasteiger partial charge is 0.253 e. The third-order valence-corrected chi connectivity index (χ3v) is 3.46. The number of rotatable bonds is 5. The van der Waals surface area contributed by atoms with Crippen LogP contribution in [0.4, 0.5) is 0 Å². The van der Waals surface area contributed by atoms with Crippen molar-refractivity contribution in [2.24, 2.45) is 17.8 Å². The minimum atomic E-state index is -0.0214. The average molecular weight is 248 g/mol. The van der Waals surface area contributed by atoms with Crippen LogP contribution in [0.3, 0.4) is 0 Å². The van der Waals surface area contributed by atoms with Crippen molar-refractivity contribution in [1.82, 2.24) is 10.3 Å². The predicted molar refractivity (Wildman–Crippen MR) is 74.5 cm³/mol. The fourth-order valence-electron chi connectivity index (χ4n) is 2.27. The third-order valence-electron chi connectivity index (χ3n) is 3.46. The van der Waals surface area contributed by atoms with Gasteiger partial charge in [0.05, 0.1) is 5.56 Å². The zero-order chi connectivity index (χ0) is 13.7. The molecule has 1 N–H and O–H groups in total. The summed E-state index contributed by atoms with van der Waals surface area (Å²) in [5.74, 6) is 1.62. The summed E-state index contributed by atoms with van der Waals surface area (Å²) in [6, 6.07) is 3.61. The molecule has 0 aliphatic heterocycles. The zero-order valence-electron chi connectivity index (χ0n) is 12.0. The quantitative estimate of drug-likeness (QED) is 0.870. The minimum absolute atomic E-state index is 0.0214. The van der Waals surface area contributed by atoms with Crippen LogP contribution in [0.2, 0.25) is 0 Å². The summed E-state index contributed by atoms with van der Waals surface area (Å²) >= 11 is 0. The van der Waals surface area contributed by atoms with Gasteiger partial charge in [0.25, 0.3) is 5.91 Å². The summed E-state index contributed by atoms with van der Waals surface area (Å²) in [5, 5.41) is 3.02. The Labute approximate surface area is 110 Å². The van der Waals surface area contributed by atoms with Crippen LogP contribution in [0.25, 0.3) is 0 Å². The fraction of sp³-hybridized carbons (Fsp3) is 0.600. The average Bonchev–Trinajstić information content (AvgIpc) is 2.28. The molecule has 0 saturated carbocycles. The van der Waals surface area contributed by atoms with Crippen molar-refractivity contribution in [2.75, 3.05) is 6.54 Å². The van der Waals surface area contributed by atoms with E-state index in [-0.39, 0.29) is 5.91 Å². The van der Waals surface area contributed by atoms with E-state index in [0.717, 1.165) is 12.2 Å². The standard InChI is InChI=1S/C15H24N2O/c1-10(2)14(11(3)4)9-17-15(18)13-7-6-8-16-12(13)5/h6-8,10-11,14H,9H2,1-5H3,(H,17,18). The maximum Gasteiger partial charge on any atom is 0.253 e. The van der Waals surface area contributed by atoms with Gasteiger partial charge >= 0.3 is 0 Å². The van der Waals surface area contributed by atoms with E-state index >= 15 is 0 Å². The number of aromatic nitrogens is 1. The molecule has 0 aliphatic carbocycles. The van der Waals surface area contributed by atoms with Crippen molar-refractivity contribution in [3.05, 3.63) is 29.6 Å². The van der Waals surface area contributed by atoms with Crippen molar-refractivity contribution in [2.45, 2.75) is 34.6 Å². The van der Waals surface area contributed by atoms with Crippen molar-refractivity contribution < 1.29 is 4.79 Å². The van der Waals surface area contributed by atoms with Crippen LogP contribution in [0.1, 0.15) is 43.7 Å². The molecule has 18 heavy (non-hydrogen) atoms. The molecule has 0 radical (unpaired) electrons. The number of amides is 1. The van der Waals surface area contributed by atoms with Gasteiger partial charge in [-0.2, -0.15) is 0 Å². The molecule has 0 saturated heterocycles. The van der Waals surface area contributed by atoms with Gasteiger partial charge in [0.1, 0.15) is 0 Å². The second kappa shape index (κ2) is 6.53. The monoisotopic (exact) mass is 248 g/mol. The Morgan fingerprint density at radius 3 is 2.39 bits per heavy atom. The highest BCUT2D eigenvalue weighted by Crippen LogP contribution is 2.19. The Hall–Kier alpha value is -1.38. The van der Waals surface area contributed by atoms with Gasteiger partial charge in [-0.3, -0.25) is 9.78 Å². The summed E-state index contributed by atoms with van der Waals surface area (Å²) in [7, 11) is 0. The van der Waals surface area contributed by atoms with Gasteiger partial charge in [-0.1, -0.05) is 27.7 Å². The molecular weight excluding hydrogens is 224 g/mol. The van der Waals surface area contributed by atoms with Crippen LogP contribution in [0.5, 0.6) is 0 Å². The van der Waals surface area contributed by atoms with Gasteiger partial charge in [-0.05, 0) is 36.8 Å². The van der Waals surface area contributed by atoms with E-state index in [2.05, 4.69) is 38.0 Å². The first-order valence-electron chi connectivity index (χ1n) is 6.63. The summed E-state index contributed by atoms with van der Waals surface area (Å²) in [5.41, 5.74) is 1.45. The van der Waals surface area contributed by atoms with Crippen LogP contribution < -0.4 is 5.32 Å². The lowest BCUT2D eigenvalue weighted by Crippen LogP contribution is -2.34. The normalized spacial score (nSPS) is 11.3. The lowest BCUT2D eigenvalue weighted by molar-refractivity contribution is 0.0936. The first-order chi connectivity index (χ1) is 8.43. The summed E-state index contributed by atoms with van der Waals surface area (Å²) in [4.78, 5) is 16.2. The summed E-state index contributed by atoms with van der Waals surface area (Å²) < 4.78 is 0. The lowest BCUT2D eigenvalue weighted by atomic mass is 9.85. The molecule has 1 rings (SSSR count). The molecule has 0 spiro atoms. The molecule has 3 heteroatoms. The Balaban J connectivity index is 2.64. The van der Waals surface area contributed by atoms with E-state index in [1.54, 1.807) is 12.3 Å². The SMILES string of the molecule is Cc1ncccc1C(=O)NCC(C(C)C)C(C)C. The lowest BCUT2D eigenvalue weighted by Gasteiger charge is -2.25. The topological polar surface area (TPSA) is 42.0 Å². The highest BCUT2D eigenvalue weighted by molar-refractivity contribution is 5.95. The number of hydrogen-bond donors (Lipinski definition) is 1. The summed E-state index contributed by atoms with van der Waals surface area (Å²) in [6.07, 6.45) is 1.71. The highest BCUT2D eigenvalue weighted by atomic mass is 16.1. The van der Waals surface area contributed by atoms with E-state index in [9.17, 15) is 4.79 Å². The van der Waals surface area contributed by atoms with Gasteiger partial charge in [-0.25, -0.2) is 0 Å². The zero-order valence-corrected chi connectivity index (χ0v) is 12.0. The van der Waals surface area contributed by atoms with Crippen LogP contribution in [0.15, 0.2) is 18.3 Å². The van der Waals surface area contributed by atoms with Gasteiger partial charge in [0.15, 0.2) is 0 Å². The van der Waals surface area contributed by atoms with Gasteiger partial charge in [-0.15, -0.1) is 0 Å². The molecule has 0 unspecified atom stereocenters. The van der Waals surface area contributed by atoms with Crippen LogP contribution in [-0.4, -0.2) is 17.4 Å². The van der Waals surface area contributed by atoms with Crippen molar-refractivity contribution in [1.29, 1.82) is 0 Å². The second-order valence-corrected chi connectivity index (χ2v) is 5.50. The van der Waals surface area contributed by atoms with Crippen LogP contribution >= 0.6 is 0 Å². The number of carbonyl (C=O) groups excluding carboxylic acids is 1. The highest BCUT2D eigenvalue weighted by Gasteiger charge is 2.19. The van der Waals surface area contributed by atoms with Crippen molar-refractivity contribution in [3.8, 4) is 0 Å². The minimum Gasteiger partial charge on any atom is -0.352 e. The molecule has 1 aromatic heterocycles. The Kier molecular flexibility index (Phi) is 5.32. The van der Waals surface area contributed by atoms with Crippen molar-refractivity contribution >= 4 is 5.91 Å². The van der Waals surface area contributed by atoms with Crippen LogP contribution in [0, 0.1) is 24.7 Å². The second-order valence-electron chi connectivity index (χ2n) is 5.50. The van der Waals surface area contributed by atoms with Gasteiger partial charge < -0.3 is 5.32 Å². The molecular formula is C15H24N2O. The Morgan fingerprint density at radius 2 is 1.89 bits per heavy atom. The molecule has 100 valence electrons. The van der Waals surface area contributed by atoms with E-state index in [1.165, 1.54) is 0 Å². The number of pyridine rings is 1.